The van der Waals surface area contributed by atoms with Gasteiger partial charge in [-0.25, -0.2) is 0 Å². The zero-order valence-corrected chi connectivity index (χ0v) is 15.5. The molecule has 0 bridgehead atoms. The van der Waals surface area contributed by atoms with Crippen LogP contribution in [0.4, 0.5) is 0 Å². The summed E-state index contributed by atoms with van der Waals surface area (Å²) in [5.41, 5.74) is 1.82. The van der Waals surface area contributed by atoms with E-state index in [-0.39, 0.29) is 36.9 Å². The van der Waals surface area contributed by atoms with Crippen LogP contribution in [0.25, 0.3) is 0 Å². The van der Waals surface area contributed by atoms with Crippen molar-refractivity contribution in [3.8, 4) is 0 Å². The molecule has 1 aromatic carbocycles. The van der Waals surface area contributed by atoms with Crippen molar-refractivity contribution in [3.63, 3.8) is 0 Å². The number of likely N-dealkylation sites (N-methyl/N-ethyl adjacent to an activating group) is 1. The summed E-state index contributed by atoms with van der Waals surface area (Å²) in [5.74, 6) is -0.902. The van der Waals surface area contributed by atoms with Crippen LogP contribution in [0, 0.1) is 0 Å². The Bertz CT molecular complexity index is 765. The number of benzene rings is 1. The van der Waals surface area contributed by atoms with Crippen molar-refractivity contribution >= 4 is 17.7 Å². The van der Waals surface area contributed by atoms with Crippen LogP contribution in [0.2, 0.25) is 0 Å². The van der Waals surface area contributed by atoms with Crippen LogP contribution in [0.15, 0.2) is 54.7 Å². The molecular weight excluding hydrogens is 344 g/mol. The minimum atomic E-state index is -0.332. The summed E-state index contributed by atoms with van der Waals surface area (Å²) >= 11 is 0. The van der Waals surface area contributed by atoms with E-state index in [9.17, 15) is 14.4 Å². The number of nitrogens with one attached hydrogen (secondary N) is 2. The summed E-state index contributed by atoms with van der Waals surface area (Å²) in [6.07, 6.45) is 2.26. The fourth-order valence-electron chi connectivity index (χ4n) is 2.54. The van der Waals surface area contributed by atoms with Crippen LogP contribution < -0.4 is 10.6 Å². The van der Waals surface area contributed by atoms with E-state index in [1.165, 1.54) is 18.9 Å². The molecule has 1 atom stereocenters. The minimum Gasteiger partial charge on any atom is -0.347 e. The Hall–Kier alpha value is -3.22. The maximum absolute atomic E-state index is 12.5. The summed E-state index contributed by atoms with van der Waals surface area (Å²) < 4.78 is 0. The Balaban J connectivity index is 2.00. The highest BCUT2D eigenvalue weighted by atomic mass is 16.2. The first-order valence-electron chi connectivity index (χ1n) is 8.68. The van der Waals surface area contributed by atoms with Crippen LogP contribution in [-0.4, -0.2) is 47.7 Å². The normalized spacial score (nSPS) is 11.3. The van der Waals surface area contributed by atoms with Gasteiger partial charge in [0.2, 0.25) is 17.7 Å². The van der Waals surface area contributed by atoms with E-state index in [1.54, 1.807) is 6.20 Å². The highest BCUT2D eigenvalue weighted by Crippen LogP contribution is 2.17. The lowest BCUT2D eigenvalue weighted by Crippen LogP contribution is -2.43. The number of carbonyl (C=O) groups is 3. The first-order valence-corrected chi connectivity index (χ1v) is 8.68. The average Bonchev–Trinajstić information content (AvgIpc) is 2.67. The minimum absolute atomic E-state index is 0.0933. The number of amides is 3. The second kappa shape index (κ2) is 10.1. The summed E-state index contributed by atoms with van der Waals surface area (Å²) in [5, 5.41) is 5.40. The zero-order chi connectivity index (χ0) is 19.6. The first kappa shape index (κ1) is 20.1. The monoisotopic (exact) mass is 368 g/mol. The second-order valence-corrected chi connectivity index (χ2v) is 6.22. The molecule has 2 aromatic rings. The van der Waals surface area contributed by atoms with E-state index < -0.39 is 0 Å². The van der Waals surface area contributed by atoms with Gasteiger partial charge in [0.05, 0.1) is 19.1 Å². The third-order valence-electron chi connectivity index (χ3n) is 3.97. The van der Waals surface area contributed by atoms with Crippen LogP contribution >= 0.6 is 0 Å². The molecule has 2 N–H and O–H groups in total. The number of pyridine rings is 1. The van der Waals surface area contributed by atoms with E-state index in [1.807, 2.05) is 48.5 Å². The second-order valence-electron chi connectivity index (χ2n) is 6.22. The molecule has 27 heavy (non-hydrogen) atoms. The van der Waals surface area contributed by atoms with Gasteiger partial charge >= 0.3 is 0 Å². The summed E-state index contributed by atoms with van der Waals surface area (Å²) in [7, 11) is 1.53. The van der Waals surface area contributed by atoms with Crippen LogP contribution in [0.1, 0.15) is 24.2 Å². The zero-order valence-electron chi connectivity index (χ0n) is 15.5. The van der Waals surface area contributed by atoms with Gasteiger partial charge in [-0.2, -0.15) is 0 Å². The quantitative estimate of drug-likeness (QED) is 0.729. The Morgan fingerprint density at radius 1 is 1.07 bits per heavy atom. The molecule has 0 radical (unpaired) electrons. The standard InChI is InChI=1S/C20H24N4O3/c1-15(25)22-13-20(27)24(2)14-19(26)23-18(16-8-4-3-5-9-16)12-17-10-6-7-11-21-17/h3-11,18H,12-14H2,1-2H3,(H,22,25)(H,23,26). The van der Waals surface area contributed by atoms with Crippen LogP contribution in [0.3, 0.4) is 0 Å². The molecule has 0 saturated heterocycles. The van der Waals surface area contributed by atoms with Crippen molar-refractivity contribution in [2.45, 2.75) is 19.4 Å². The molecule has 1 aromatic heterocycles. The van der Waals surface area contributed by atoms with E-state index in [0.29, 0.717) is 6.42 Å². The van der Waals surface area contributed by atoms with Gasteiger partial charge in [-0.15, -0.1) is 0 Å². The lowest BCUT2D eigenvalue weighted by molar-refractivity contribution is -0.135. The fraction of sp³-hybridized carbons (Fsp3) is 0.300. The number of aromatic nitrogens is 1. The Morgan fingerprint density at radius 2 is 1.78 bits per heavy atom. The predicted octanol–water partition coefficient (Wildman–Crippen LogP) is 1.08. The van der Waals surface area contributed by atoms with Gasteiger partial charge in [-0.05, 0) is 17.7 Å². The smallest absolute Gasteiger partial charge is 0.242 e. The van der Waals surface area contributed by atoms with Gasteiger partial charge in [-0.3, -0.25) is 19.4 Å². The van der Waals surface area contributed by atoms with Gasteiger partial charge < -0.3 is 15.5 Å². The third kappa shape index (κ3) is 6.89. The fourth-order valence-corrected chi connectivity index (χ4v) is 2.54. The van der Waals surface area contributed by atoms with Gasteiger partial charge in [-0.1, -0.05) is 36.4 Å². The molecule has 0 aliphatic heterocycles. The van der Waals surface area contributed by atoms with Crippen molar-refractivity contribution in [2.75, 3.05) is 20.1 Å². The van der Waals surface area contributed by atoms with E-state index in [4.69, 9.17) is 0 Å². The van der Waals surface area contributed by atoms with E-state index in [0.717, 1.165) is 11.3 Å². The van der Waals surface area contributed by atoms with Crippen LogP contribution in [-0.2, 0) is 20.8 Å². The molecule has 0 fully saturated rings. The highest BCUT2D eigenvalue weighted by molar-refractivity contribution is 5.87. The molecule has 1 heterocycles. The van der Waals surface area contributed by atoms with Gasteiger partial charge in [0.25, 0.3) is 0 Å². The van der Waals surface area contributed by atoms with Crippen molar-refractivity contribution in [2.24, 2.45) is 0 Å². The van der Waals surface area contributed by atoms with Crippen molar-refractivity contribution in [1.29, 1.82) is 0 Å². The summed E-state index contributed by atoms with van der Waals surface area (Å²) in [4.78, 5) is 40.9. The number of carbonyl (C=O) groups excluding carboxylic acids is 3. The third-order valence-corrected chi connectivity index (χ3v) is 3.97. The Kier molecular flexibility index (Phi) is 7.49. The molecule has 3 amide bonds. The maximum atomic E-state index is 12.5. The molecule has 0 saturated carbocycles. The Morgan fingerprint density at radius 3 is 2.41 bits per heavy atom. The maximum Gasteiger partial charge on any atom is 0.242 e. The molecular formula is C20H24N4O3. The molecule has 2 rings (SSSR count). The van der Waals surface area contributed by atoms with Gasteiger partial charge in [0.1, 0.15) is 0 Å². The SMILES string of the molecule is CC(=O)NCC(=O)N(C)CC(=O)NC(Cc1ccccn1)c1ccccc1. The van der Waals surface area contributed by atoms with E-state index in [2.05, 4.69) is 15.6 Å². The summed E-state index contributed by atoms with van der Waals surface area (Å²) in [6.45, 7) is 1.11. The lowest BCUT2D eigenvalue weighted by atomic mass is 10.0. The van der Waals surface area contributed by atoms with Crippen molar-refractivity contribution < 1.29 is 14.4 Å². The van der Waals surface area contributed by atoms with Crippen LogP contribution in [0.5, 0.6) is 0 Å². The Labute approximate surface area is 158 Å². The topological polar surface area (TPSA) is 91.4 Å². The van der Waals surface area contributed by atoms with Crippen molar-refractivity contribution in [3.05, 3.63) is 66.0 Å². The number of hydrogen-bond acceptors (Lipinski definition) is 4. The molecule has 0 aliphatic carbocycles. The number of hydrogen-bond donors (Lipinski definition) is 2. The molecule has 0 aliphatic rings. The van der Waals surface area contributed by atoms with Crippen molar-refractivity contribution in [1.82, 2.24) is 20.5 Å². The first-order chi connectivity index (χ1) is 13.0. The summed E-state index contributed by atoms with van der Waals surface area (Å²) in [6, 6.07) is 15.0. The molecule has 7 nitrogen and oxygen atoms in total. The van der Waals surface area contributed by atoms with E-state index >= 15 is 0 Å². The largest absolute Gasteiger partial charge is 0.347 e. The number of rotatable bonds is 8. The van der Waals surface area contributed by atoms with Gasteiger partial charge in [0.15, 0.2) is 0 Å². The average molecular weight is 368 g/mol. The molecule has 0 spiro atoms. The lowest BCUT2D eigenvalue weighted by Gasteiger charge is -2.22. The molecule has 142 valence electrons. The van der Waals surface area contributed by atoms with Gasteiger partial charge in [0, 0.05) is 32.3 Å². The number of nitrogens with zero attached hydrogens (tertiary/aromatic N) is 2. The predicted molar refractivity (Wildman–Crippen MR) is 102 cm³/mol. The highest BCUT2D eigenvalue weighted by Gasteiger charge is 2.18. The molecule has 1 unspecified atom stereocenters. The molecule has 7 heteroatoms.